The summed E-state index contributed by atoms with van der Waals surface area (Å²) in [4.78, 5) is 24.1. The van der Waals surface area contributed by atoms with Crippen LogP contribution in [0, 0.1) is 13.8 Å². The number of carbonyl (C=O) groups excluding carboxylic acids is 2. The van der Waals surface area contributed by atoms with Crippen LogP contribution in [0.2, 0.25) is 0 Å². The molecule has 0 aliphatic carbocycles. The van der Waals surface area contributed by atoms with Crippen molar-refractivity contribution in [3.05, 3.63) is 82.4 Å². The van der Waals surface area contributed by atoms with E-state index in [2.05, 4.69) is 5.32 Å². The first kappa shape index (κ1) is 16.9. The van der Waals surface area contributed by atoms with Gasteiger partial charge in [-0.2, -0.15) is 0 Å². The number of amides is 1. The van der Waals surface area contributed by atoms with Gasteiger partial charge in [0.2, 0.25) is 0 Å². The molecule has 3 nitrogen and oxygen atoms in total. The first-order chi connectivity index (χ1) is 12.1. The first-order valence-corrected chi connectivity index (χ1v) is 8.42. The molecule has 0 aliphatic heterocycles. The SMILES string of the molecule is Cc1ccc(C(=O)NCCc2ccccc2)c2c(C)ccc(C=O)c12. The van der Waals surface area contributed by atoms with Gasteiger partial charge < -0.3 is 5.32 Å². The minimum Gasteiger partial charge on any atom is -0.352 e. The maximum absolute atomic E-state index is 12.7. The van der Waals surface area contributed by atoms with Crippen LogP contribution in [0.3, 0.4) is 0 Å². The molecule has 3 aromatic carbocycles. The van der Waals surface area contributed by atoms with Crippen molar-refractivity contribution in [3.8, 4) is 0 Å². The van der Waals surface area contributed by atoms with Crippen molar-refractivity contribution in [1.29, 1.82) is 0 Å². The van der Waals surface area contributed by atoms with Gasteiger partial charge in [-0.15, -0.1) is 0 Å². The molecule has 0 spiro atoms. The monoisotopic (exact) mass is 331 g/mol. The average molecular weight is 331 g/mol. The predicted molar refractivity (Wildman–Crippen MR) is 101 cm³/mol. The number of benzene rings is 3. The maximum Gasteiger partial charge on any atom is 0.251 e. The number of fused-ring (bicyclic) bond motifs is 1. The van der Waals surface area contributed by atoms with Crippen molar-refractivity contribution in [2.75, 3.05) is 6.54 Å². The molecule has 0 aliphatic rings. The molecular formula is C22H21NO2. The standard InChI is InChI=1S/C22H21NO2/c1-15-9-11-19(21-16(2)8-10-18(14-24)20(15)21)22(25)23-13-12-17-6-4-3-5-7-17/h3-11,14H,12-13H2,1-2H3,(H,23,25). The normalized spacial score (nSPS) is 10.6. The summed E-state index contributed by atoms with van der Waals surface area (Å²) in [6.45, 7) is 4.51. The van der Waals surface area contributed by atoms with Gasteiger partial charge in [-0.25, -0.2) is 0 Å². The molecule has 0 fully saturated rings. The zero-order chi connectivity index (χ0) is 17.8. The van der Waals surface area contributed by atoms with E-state index in [0.717, 1.165) is 34.6 Å². The largest absolute Gasteiger partial charge is 0.352 e. The molecule has 126 valence electrons. The number of aldehydes is 1. The fourth-order valence-corrected chi connectivity index (χ4v) is 3.22. The zero-order valence-corrected chi connectivity index (χ0v) is 14.5. The van der Waals surface area contributed by atoms with Gasteiger partial charge in [-0.1, -0.05) is 48.5 Å². The first-order valence-electron chi connectivity index (χ1n) is 8.42. The summed E-state index contributed by atoms with van der Waals surface area (Å²) in [6.07, 6.45) is 1.64. The van der Waals surface area contributed by atoms with E-state index < -0.39 is 0 Å². The van der Waals surface area contributed by atoms with Gasteiger partial charge in [-0.05, 0) is 53.8 Å². The predicted octanol–water partition coefficient (Wildman–Crippen LogP) is 4.24. The molecular weight excluding hydrogens is 310 g/mol. The summed E-state index contributed by atoms with van der Waals surface area (Å²) in [5, 5.41) is 4.73. The quantitative estimate of drug-likeness (QED) is 0.711. The maximum atomic E-state index is 12.7. The smallest absolute Gasteiger partial charge is 0.251 e. The summed E-state index contributed by atoms with van der Waals surface area (Å²) in [6, 6.07) is 17.5. The molecule has 0 radical (unpaired) electrons. The van der Waals surface area contributed by atoms with Crippen molar-refractivity contribution in [2.45, 2.75) is 20.3 Å². The molecule has 3 aromatic rings. The van der Waals surface area contributed by atoms with Gasteiger partial charge in [0.15, 0.2) is 6.29 Å². The van der Waals surface area contributed by atoms with Crippen molar-refractivity contribution < 1.29 is 9.59 Å². The molecule has 0 unspecified atom stereocenters. The Balaban J connectivity index is 1.89. The van der Waals surface area contributed by atoms with Gasteiger partial charge in [-0.3, -0.25) is 9.59 Å². The Morgan fingerprint density at radius 1 is 0.920 bits per heavy atom. The van der Waals surface area contributed by atoms with E-state index in [4.69, 9.17) is 0 Å². The van der Waals surface area contributed by atoms with Crippen LogP contribution in [0.1, 0.15) is 37.4 Å². The summed E-state index contributed by atoms with van der Waals surface area (Å²) < 4.78 is 0. The van der Waals surface area contributed by atoms with Gasteiger partial charge in [0, 0.05) is 17.7 Å². The van der Waals surface area contributed by atoms with Crippen LogP contribution >= 0.6 is 0 Å². The van der Waals surface area contributed by atoms with Gasteiger partial charge >= 0.3 is 0 Å². The van der Waals surface area contributed by atoms with E-state index in [1.165, 1.54) is 5.56 Å². The molecule has 0 atom stereocenters. The minimum absolute atomic E-state index is 0.105. The van der Waals surface area contributed by atoms with E-state index >= 15 is 0 Å². The Bertz CT molecular complexity index is 930. The van der Waals surface area contributed by atoms with Crippen LogP contribution in [0.25, 0.3) is 10.8 Å². The van der Waals surface area contributed by atoms with Crippen LogP contribution in [0.15, 0.2) is 54.6 Å². The summed E-state index contributed by atoms with van der Waals surface area (Å²) >= 11 is 0. The second-order valence-electron chi connectivity index (χ2n) is 6.26. The van der Waals surface area contributed by atoms with Crippen molar-refractivity contribution in [2.24, 2.45) is 0 Å². The van der Waals surface area contributed by atoms with E-state index in [9.17, 15) is 9.59 Å². The van der Waals surface area contributed by atoms with Crippen molar-refractivity contribution in [1.82, 2.24) is 5.32 Å². The third-order valence-corrected chi connectivity index (χ3v) is 4.52. The second kappa shape index (κ2) is 7.31. The van der Waals surface area contributed by atoms with Gasteiger partial charge in [0.25, 0.3) is 5.91 Å². The van der Waals surface area contributed by atoms with Gasteiger partial charge in [0.05, 0.1) is 0 Å². The fourth-order valence-electron chi connectivity index (χ4n) is 3.22. The number of aryl methyl sites for hydroxylation is 2. The lowest BCUT2D eigenvalue weighted by Crippen LogP contribution is -2.26. The lowest BCUT2D eigenvalue weighted by molar-refractivity contribution is 0.0955. The van der Waals surface area contributed by atoms with Crippen LogP contribution < -0.4 is 5.32 Å². The molecule has 0 heterocycles. The van der Waals surface area contributed by atoms with E-state index in [1.54, 1.807) is 0 Å². The Labute approximate surface area is 147 Å². The molecule has 0 bridgehead atoms. The highest BCUT2D eigenvalue weighted by Gasteiger charge is 2.15. The van der Waals surface area contributed by atoms with Crippen molar-refractivity contribution >= 4 is 23.0 Å². The Hall–Kier alpha value is -2.94. The fraction of sp³-hybridized carbons (Fsp3) is 0.182. The Morgan fingerprint density at radius 2 is 1.60 bits per heavy atom. The third-order valence-electron chi connectivity index (χ3n) is 4.52. The molecule has 25 heavy (non-hydrogen) atoms. The molecule has 0 aromatic heterocycles. The number of nitrogens with one attached hydrogen (secondary N) is 1. The lowest BCUT2D eigenvalue weighted by Gasteiger charge is -2.13. The second-order valence-corrected chi connectivity index (χ2v) is 6.26. The van der Waals surface area contributed by atoms with E-state index in [-0.39, 0.29) is 5.91 Å². The highest BCUT2D eigenvalue weighted by Crippen LogP contribution is 2.28. The molecule has 0 saturated heterocycles. The topological polar surface area (TPSA) is 46.2 Å². The summed E-state index contributed by atoms with van der Waals surface area (Å²) in [5.74, 6) is -0.105. The zero-order valence-electron chi connectivity index (χ0n) is 14.5. The highest BCUT2D eigenvalue weighted by molar-refractivity contribution is 6.12. The van der Waals surface area contributed by atoms with E-state index in [1.807, 2.05) is 68.4 Å². The Kier molecular flexibility index (Phi) is 4.94. The molecule has 3 rings (SSSR count). The highest BCUT2D eigenvalue weighted by atomic mass is 16.1. The number of hydrogen-bond donors (Lipinski definition) is 1. The number of hydrogen-bond acceptors (Lipinski definition) is 2. The van der Waals surface area contributed by atoms with Crippen molar-refractivity contribution in [3.63, 3.8) is 0 Å². The number of rotatable bonds is 5. The average Bonchev–Trinajstić information content (AvgIpc) is 2.63. The van der Waals surface area contributed by atoms with Crippen LogP contribution in [-0.4, -0.2) is 18.7 Å². The molecule has 0 saturated carbocycles. The van der Waals surface area contributed by atoms with Crippen LogP contribution in [-0.2, 0) is 6.42 Å². The van der Waals surface area contributed by atoms with Gasteiger partial charge in [0.1, 0.15) is 0 Å². The summed E-state index contributed by atoms with van der Waals surface area (Å²) in [7, 11) is 0. The van der Waals surface area contributed by atoms with Crippen LogP contribution in [0.5, 0.6) is 0 Å². The number of carbonyl (C=O) groups is 2. The van der Waals surface area contributed by atoms with E-state index in [0.29, 0.717) is 17.7 Å². The molecule has 1 N–H and O–H groups in total. The Morgan fingerprint density at radius 3 is 2.32 bits per heavy atom. The lowest BCUT2D eigenvalue weighted by atomic mass is 9.93. The minimum atomic E-state index is -0.105. The van der Waals surface area contributed by atoms with Crippen LogP contribution in [0.4, 0.5) is 0 Å². The molecule has 3 heteroatoms. The summed E-state index contributed by atoms with van der Waals surface area (Å²) in [5.41, 5.74) is 4.43. The molecule has 1 amide bonds. The third kappa shape index (κ3) is 3.45.